The van der Waals surface area contributed by atoms with Crippen LogP contribution < -0.4 is 11.2 Å². The third-order valence-electron chi connectivity index (χ3n) is 0.681. The maximum absolute atomic E-state index is 10.5. The summed E-state index contributed by atoms with van der Waals surface area (Å²) in [6.07, 6.45) is -0.777. The lowest BCUT2D eigenvalue weighted by molar-refractivity contribution is 0.138. The second kappa shape index (κ2) is 4.67. The average molecular weight is 179 g/mol. The second-order valence-corrected chi connectivity index (χ2v) is 1.88. The zero-order chi connectivity index (χ0) is 8.85. The van der Waals surface area contributed by atoms with Crippen LogP contribution in [0.25, 0.3) is 0 Å². The van der Waals surface area contributed by atoms with Gasteiger partial charge in [0.15, 0.2) is 0 Å². The molecule has 6 nitrogen and oxygen atoms in total. The molecule has 0 radical (unpaired) electrons. The van der Waals surface area contributed by atoms with Crippen LogP contribution in [0.5, 0.6) is 0 Å². The summed E-state index contributed by atoms with van der Waals surface area (Å²) in [6, 6.07) is -0.888. The van der Waals surface area contributed by atoms with Crippen molar-refractivity contribution >= 4 is 24.9 Å². The van der Waals surface area contributed by atoms with Crippen LogP contribution in [0.15, 0.2) is 0 Å². The van der Waals surface area contributed by atoms with E-state index in [1.807, 2.05) is 5.43 Å². The van der Waals surface area contributed by atoms with Gasteiger partial charge in [-0.2, -0.15) is 4.41 Å². The predicted octanol–water partition coefficient (Wildman–Crippen LogP) is -0.127. The number of hydrogen-bond acceptors (Lipinski definition) is 4. The molecule has 64 valence electrons. The van der Waals surface area contributed by atoms with Crippen molar-refractivity contribution < 1.29 is 14.3 Å². The van der Waals surface area contributed by atoms with E-state index in [1.165, 1.54) is 0 Å². The number of nitrogens with two attached hydrogens (primary N) is 1. The molecule has 0 aliphatic carbocycles. The minimum Gasteiger partial charge on any atom is -0.449 e. The molecule has 0 spiro atoms. The molecule has 0 aromatic heterocycles. The van der Waals surface area contributed by atoms with E-state index in [0.717, 1.165) is 0 Å². The summed E-state index contributed by atoms with van der Waals surface area (Å²) in [5.74, 6) is 0. The van der Waals surface area contributed by atoms with Gasteiger partial charge < -0.3 is 10.5 Å². The minimum atomic E-state index is -0.888. The van der Waals surface area contributed by atoms with E-state index in [2.05, 4.69) is 17.6 Å². The fraction of sp³-hybridized carbons (Fsp3) is 0.500. The number of ether oxygens (including phenoxy) is 1. The number of nitrogens with one attached hydrogen (secondary N) is 1. The highest BCUT2D eigenvalue weighted by molar-refractivity contribution is 7.78. The molecule has 3 N–H and O–H groups in total. The summed E-state index contributed by atoms with van der Waals surface area (Å²) < 4.78 is 4.94. The van der Waals surface area contributed by atoms with Crippen molar-refractivity contribution in [1.82, 2.24) is 9.84 Å². The summed E-state index contributed by atoms with van der Waals surface area (Å²) in [5, 5.41) is 0. The van der Waals surface area contributed by atoms with Gasteiger partial charge in [0.2, 0.25) is 0 Å². The van der Waals surface area contributed by atoms with Gasteiger partial charge in [0.05, 0.1) is 6.61 Å². The zero-order valence-corrected chi connectivity index (χ0v) is 6.80. The monoisotopic (exact) mass is 179 g/mol. The SMILES string of the molecule is CCOC(=O)NN(S)C(N)=O. The van der Waals surface area contributed by atoms with Gasteiger partial charge in [0, 0.05) is 0 Å². The van der Waals surface area contributed by atoms with Crippen molar-refractivity contribution in [1.29, 1.82) is 0 Å². The molecule has 0 saturated carbocycles. The zero-order valence-electron chi connectivity index (χ0n) is 5.90. The lowest BCUT2D eigenvalue weighted by atomic mass is 10.9. The van der Waals surface area contributed by atoms with Crippen molar-refractivity contribution in [2.45, 2.75) is 6.92 Å². The van der Waals surface area contributed by atoms with Crippen LogP contribution in [0.4, 0.5) is 9.59 Å². The largest absolute Gasteiger partial charge is 0.449 e. The van der Waals surface area contributed by atoms with Crippen LogP contribution in [-0.4, -0.2) is 23.1 Å². The van der Waals surface area contributed by atoms with Gasteiger partial charge in [-0.05, 0) is 19.7 Å². The number of hydrogen-bond donors (Lipinski definition) is 3. The number of hydrazine groups is 1. The van der Waals surface area contributed by atoms with Gasteiger partial charge in [0.25, 0.3) is 0 Å². The Hall–Kier alpha value is -1.11. The predicted molar refractivity (Wildman–Crippen MR) is 40.6 cm³/mol. The number of carbonyl (C=O) groups is 2. The van der Waals surface area contributed by atoms with Crippen LogP contribution in [0.2, 0.25) is 0 Å². The standard InChI is InChI=1S/C4H9N3O3S/c1-2-10-4(9)6-7(11)3(5)8/h11H,2H2,1H3,(H2,5,8)(H,6,9). The highest BCUT2D eigenvalue weighted by atomic mass is 32.1. The fourth-order valence-corrected chi connectivity index (χ4v) is 0.387. The molecule has 0 aliphatic rings. The third-order valence-corrected chi connectivity index (χ3v) is 0.978. The Labute approximate surface area is 69.2 Å². The summed E-state index contributed by atoms with van der Waals surface area (Å²) in [4.78, 5) is 20.8. The van der Waals surface area contributed by atoms with Gasteiger partial charge in [0.1, 0.15) is 0 Å². The van der Waals surface area contributed by atoms with E-state index >= 15 is 0 Å². The molecule has 11 heavy (non-hydrogen) atoms. The van der Waals surface area contributed by atoms with Crippen molar-refractivity contribution in [3.8, 4) is 0 Å². The number of urea groups is 1. The Morgan fingerprint density at radius 3 is 2.64 bits per heavy atom. The van der Waals surface area contributed by atoms with Crippen LogP contribution in [0, 0.1) is 0 Å². The maximum Gasteiger partial charge on any atom is 0.427 e. The van der Waals surface area contributed by atoms with Crippen molar-refractivity contribution in [3.05, 3.63) is 0 Å². The van der Waals surface area contributed by atoms with E-state index in [9.17, 15) is 9.59 Å². The minimum absolute atomic E-state index is 0.214. The summed E-state index contributed by atoms with van der Waals surface area (Å²) in [7, 11) is 0. The number of nitrogens with zero attached hydrogens (tertiary/aromatic N) is 1. The molecule has 0 aromatic carbocycles. The molecule has 0 aromatic rings. The van der Waals surface area contributed by atoms with Crippen LogP contribution in [0.3, 0.4) is 0 Å². The molecule has 0 heterocycles. The van der Waals surface area contributed by atoms with E-state index in [-0.39, 0.29) is 6.61 Å². The van der Waals surface area contributed by atoms with Crippen molar-refractivity contribution in [2.75, 3.05) is 6.61 Å². The Bertz CT molecular complexity index is 163. The molecule has 0 atom stereocenters. The van der Waals surface area contributed by atoms with Gasteiger partial charge in [-0.1, -0.05) is 0 Å². The van der Waals surface area contributed by atoms with Crippen LogP contribution in [-0.2, 0) is 4.74 Å². The smallest absolute Gasteiger partial charge is 0.427 e. The molecule has 0 fully saturated rings. The number of rotatable bonds is 1. The fourth-order valence-electron chi connectivity index (χ4n) is 0.305. The van der Waals surface area contributed by atoms with Crippen molar-refractivity contribution in [2.24, 2.45) is 5.73 Å². The highest BCUT2D eigenvalue weighted by Crippen LogP contribution is 1.86. The topological polar surface area (TPSA) is 84.7 Å². The van der Waals surface area contributed by atoms with Gasteiger partial charge in [-0.15, -0.1) is 0 Å². The van der Waals surface area contributed by atoms with Gasteiger partial charge in [-0.3, -0.25) is 0 Å². The Morgan fingerprint density at radius 2 is 2.27 bits per heavy atom. The number of thiol groups is 1. The van der Waals surface area contributed by atoms with Gasteiger partial charge >= 0.3 is 12.1 Å². The van der Waals surface area contributed by atoms with E-state index in [1.54, 1.807) is 6.92 Å². The maximum atomic E-state index is 10.5. The van der Waals surface area contributed by atoms with Crippen molar-refractivity contribution in [3.63, 3.8) is 0 Å². The number of amides is 3. The number of primary amides is 1. The lowest BCUT2D eigenvalue weighted by Gasteiger charge is -2.12. The first-order valence-corrected chi connectivity index (χ1v) is 3.19. The normalized spacial score (nSPS) is 8.55. The Morgan fingerprint density at radius 1 is 1.73 bits per heavy atom. The first-order valence-electron chi connectivity index (χ1n) is 2.79. The molecule has 0 unspecified atom stereocenters. The van der Waals surface area contributed by atoms with Gasteiger partial charge in [-0.25, -0.2) is 15.0 Å². The van der Waals surface area contributed by atoms with E-state index in [4.69, 9.17) is 5.73 Å². The molecule has 0 aliphatic heterocycles. The Balaban J connectivity index is 3.66. The van der Waals surface area contributed by atoms with Crippen LogP contribution in [0.1, 0.15) is 6.92 Å². The molecule has 3 amide bonds. The molecule has 0 saturated heterocycles. The Kier molecular flexibility index (Phi) is 4.20. The lowest BCUT2D eigenvalue weighted by Crippen LogP contribution is -2.42. The summed E-state index contributed by atoms with van der Waals surface area (Å²) in [6.45, 7) is 1.85. The number of carbonyl (C=O) groups excluding carboxylic acids is 2. The first-order chi connectivity index (χ1) is 5.07. The summed E-state index contributed by atoms with van der Waals surface area (Å²) in [5.41, 5.74) is 6.66. The first kappa shape index (κ1) is 9.89. The average Bonchev–Trinajstić information content (AvgIpc) is 1.87. The molecule has 0 rings (SSSR count). The highest BCUT2D eigenvalue weighted by Gasteiger charge is 2.08. The second-order valence-electron chi connectivity index (χ2n) is 1.48. The quantitative estimate of drug-likeness (QED) is 0.387. The summed E-state index contributed by atoms with van der Waals surface area (Å²) >= 11 is 3.50. The molecule has 0 bridgehead atoms. The van der Waals surface area contributed by atoms with Crippen LogP contribution >= 0.6 is 12.8 Å². The third kappa shape index (κ3) is 4.31. The van der Waals surface area contributed by atoms with E-state index < -0.39 is 12.1 Å². The molecule has 7 heteroatoms. The molecular formula is C4H9N3O3S. The molecular weight excluding hydrogens is 170 g/mol. The van der Waals surface area contributed by atoms with E-state index in [0.29, 0.717) is 4.41 Å².